The number of aromatic nitrogens is 3. The minimum Gasteiger partial charge on any atom is -0.416 e. The van der Waals surface area contributed by atoms with Crippen molar-refractivity contribution in [2.75, 3.05) is 32.8 Å². The second-order valence-electron chi connectivity index (χ2n) is 9.07. The SMILES string of the molecule is CCO[C@@H]1[C@@H](OC)[C@H](C)O[C@@H](OC(=O)N(C)c2ccc(-c3ncn(-c4ccc(OC(F)(F)F)cc4)n3)cc2)[C@@H]1OC. The number of alkyl halides is 3. The fourth-order valence-corrected chi connectivity index (χ4v) is 4.46. The predicted molar refractivity (Wildman–Crippen MR) is 140 cm³/mol. The quantitative estimate of drug-likeness (QED) is 0.359. The van der Waals surface area contributed by atoms with E-state index in [-0.39, 0.29) is 5.75 Å². The molecule has 1 aliphatic heterocycles. The van der Waals surface area contributed by atoms with Crippen molar-refractivity contribution < 1.29 is 46.4 Å². The molecule has 0 bridgehead atoms. The third-order valence-electron chi connectivity index (χ3n) is 6.46. The summed E-state index contributed by atoms with van der Waals surface area (Å²) < 4.78 is 71.0. The first-order valence-corrected chi connectivity index (χ1v) is 12.7. The third-order valence-corrected chi connectivity index (χ3v) is 6.46. The van der Waals surface area contributed by atoms with Crippen LogP contribution in [0.3, 0.4) is 0 Å². The molecule has 4 rings (SSSR count). The lowest BCUT2D eigenvalue weighted by Crippen LogP contribution is -2.60. The standard InChI is InChI=1S/C27H31F3N4O7/c1-6-38-22-21(36-4)16(2)39-25(23(22)37-5)40-26(35)33(3)18-9-7-17(8-10-18)24-31-15-34(32-24)19-11-13-20(14-12-19)41-27(28,29)30/h7-16,21-23,25H,6H2,1-5H3/t16-,21-,22+,23+,25-/m0/s1. The van der Waals surface area contributed by atoms with Crippen LogP contribution in [0.2, 0.25) is 0 Å². The molecule has 0 N–H and O–H groups in total. The maximum Gasteiger partial charge on any atom is 0.573 e. The molecular weight excluding hydrogens is 549 g/mol. The van der Waals surface area contributed by atoms with Gasteiger partial charge in [-0.05, 0) is 62.4 Å². The molecule has 1 fully saturated rings. The summed E-state index contributed by atoms with van der Waals surface area (Å²) in [5.74, 6) is 0.0370. The van der Waals surface area contributed by atoms with Crippen LogP contribution in [0.4, 0.5) is 23.7 Å². The number of amides is 1. The van der Waals surface area contributed by atoms with E-state index in [0.717, 1.165) is 0 Å². The maximum absolute atomic E-state index is 13.0. The highest BCUT2D eigenvalue weighted by Crippen LogP contribution is 2.29. The monoisotopic (exact) mass is 580 g/mol. The molecule has 1 amide bonds. The van der Waals surface area contributed by atoms with E-state index in [4.69, 9.17) is 23.7 Å². The molecule has 14 heteroatoms. The van der Waals surface area contributed by atoms with Gasteiger partial charge in [-0.3, -0.25) is 4.90 Å². The molecular formula is C27H31F3N4O7. The van der Waals surface area contributed by atoms with Crippen molar-refractivity contribution in [3.8, 4) is 22.8 Å². The molecule has 1 aromatic heterocycles. The number of halogens is 3. The summed E-state index contributed by atoms with van der Waals surface area (Å²) in [6.07, 6.45) is -7.03. The Labute approximate surface area is 234 Å². The molecule has 222 valence electrons. The third kappa shape index (κ3) is 7.14. The Hall–Kier alpha value is -3.72. The summed E-state index contributed by atoms with van der Waals surface area (Å²) in [5, 5.41) is 4.39. The zero-order valence-corrected chi connectivity index (χ0v) is 23.1. The molecule has 0 radical (unpaired) electrons. The van der Waals surface area contributed by atoms with Gasteiger partial charge in [0.1, 0.15) is 30.4 Å². The van der Waals surface area contributed by atoms with E-state index in [0.29, 0.717) is 29.4 Å². The van der Waals surface area contributed by atoms with Gasteiger partial charge < -0.3 is 28.4 Å². The Morgan fingerprint density at radius 2 is 1.68 bits per heavy atom. The van der Waals surface area contributed by atoms with E-state index in [1.54, 1.807) is 38.4 Å². The second-order valence-corrected chi connectivity index (χ2v) is 9.07. The van der Waals surface area contributed by atoms with Crippen LogP contribution in [0.1, 0.15) is 13.8 Å². The summed E-state index contributed by atoms with van der Waals surface area (Å²) in [6, 6.07) is 12.1. The highest BCUT2D eigenvalue weighted by molar-refractivity contribution is 5.87. The van der Waals surface area contributed by atoms with Crippen molar-refractivity contribution in [1.29, 1.82) is 0 Å². The lowest BCUT2D eigenvalue weighted by molar-refractivity contribution is -0.292. The zero-order chi connectivity index (χ0) is 29.7. The number of ether oxygens (including phenoxy) is 6. The van der Waals surface area contributed by atoms with Crippen LogP contribution in [-0.2, 0) is 23.7 Å². The fourth-order valence-electron chi connectivity index (χ4n) is 4.46. The molecule has 0 saturated carbocycles. The predicted octanol–water partition coefficient (Wildman–Crippen LogP) is 4.59. The minimum absolute atomic E-state index is 0.338. The molecule has 0 unspecified atom stereocenters. The Balaban J connectivity index is 1.41. The summed E-state index contributed by atoms with van der Waals surface area (Å²) >= 11 is 0. The van der Waals surface area contributed by atoms with E-state index in [2.05, 4.69) is 14.8 Å². The van der Waals surface area contributed by atoms with E-state index < -0.39 is 43.2 Å². The van der Waals surface area contributed by atoms with Gasteiger partial charge in [0.15, 0.2) is 5.82 Å². The van der Waals surface area contributed by atoms with Crippen molar-refractivity contribution in [1.82, 2.24) is 14.8 Å². The van der Waals surface area contributed by atoms with Gasteiger partial charge in [-0.25, -0.2) is 14.5 Å². The Morgan fingerprint density at radius 3 is 2.27 bits per heavy atom. The Kier molecular flexibility index (Phi) is 9.48. The number of hydrogen-bond acceptors (Lipinski definition) is 9. The van der Waals surface area contributed by atoms with Gasteiger partial charge in [-0.1, -0.05) is 0 Å². The average Bonchev–Trinajstić information content (AvgIpc) is 3.43. The number of carbonyl (C=O) groups excluding carboxylic acids is 1. The average molecular weight is 581 g/mol. The van der Waals surface area contributed by atoms with Crippen molar-refractivity contribution in [2.24, 2.45) is 0 Å². The van der Waals surface area contributed by atoms with Crippen molar-refractivity contribution in [3.05, 3.63) is 54.9 Å². The summed E-state index contributed by atoms with van der Waals surface area (Å²) in [5.41, 5.74) is 1.68. The van der Waals surface area contributed by atoms with Crippen LogP contribution >= 0.6 is 0 Å². The largest absolute Gasteiger partial charge is 0.573 e. The molecule has 2 heterocycles. The van der Waals surface area contributed by atoms with E-state index in [1.165, 1.54) is 47.3 Å². The first kappa shape index (κ1) is 30.2. The number of rotatable bonds is 9. The number of anilines is 1. The van der Waals surface area contributed by atoms with Gasteiger partial charge >= 0.3 is 12.5 Å². The second kappa shape index (κ2) is 12.9. The molecule has 3 aromatic rings. The molecule has 1 saturated heterocycles. The lowest BCUT2D eigenvalue weighted by Gasteiger charge is -2.43. The number of hydrogen-bond donors (Lipinski definition) is 0. The molecule has 41 heavy (non-hydrogen) atoms. The van der Waals surface area contributed by atoms with Crippen LogP contribution in [0, 0.1) is 0 Å². The molecule has 0 spiro atoms. The van der Waals surface area contributed by atoms with Gasteiger partial charge in [0, 0.05) is 39.1 Å². The zero-order valence-electron chi connectivity index (χ0n) is 23.1. The Morgan fingerprint density at radius 1 is 1.02 bits per heavy atom. The highest BCUT2D eigenvalue weighted by atomic mass is 19.4. The summed E-state index contributed by atoms with van der Waals surface area (Å²) in [7, 11) is 4.60. The molecule has 5 atom stereocenters. The van der Waals surface area contributed by atoms with Crippen molar-refractivity contribution >= 4 is 11.8 Å². The van der Waals surface area contributed by atoms with E-state index >= 15 is 0 Å². The molecule has 2 aromatic carbocycles. The molecule has 11 nitrogen and oxygen atoms in total. The van der Waals surface area contributed by atoms with E-state index in [1.807, 2.05) is 13.8 Å². The summed E-state index contributed by atoms with van der Waals surface area (Å²) in [6.45, 7) is 4.08. The lowest BCUT2D eigenvalue weighted by atomic mass is 9.99. The first-order chi connectivity index (χ1) is 19.5. The van der Waals surface area contributed by atoms with Crippen LogP contribution in [0.5, 0.6) is 5.75 Å². The molecule has 1 aliphatic rings. The van der Waals surface area contributed by atoms with Crippen LogP contribution in [0.25, 0.3) is 17.1 Å². The highest BCUT2D eigenvalue weighted by Gasteiger charge is 2.47. The topological polar surface area (TPSA) is 106 Å². The van der Waals surface area contributed by atoms with Crippen LogP contribution in [0.15, 0.2) is 54.9 Å². The van der Waals surface area contributed by atoms with Crippen molar-refractivity contribution in [2.45, 2.75) is 50.9 Å². The van der Waals surface area contributed by atoms with Gasteiger partial charge in [0.05, 0.1) is 11.8 Å². The van der Waals surface area contributed by atoms with E-state index in [9.17, 15) is 18.0 Å². The van der Waals surface area contributed by atoms with Gasteiger partial charge in [-0.15, -0.1) is 18.3 Å². The number of carbonyl (C=O) groups is 1. The van der Waals surface area contributed by atoms with Crippen LogP contribution in [-0.4, -0.2) is 85.8 Å². The van der Waals surface area contributed by atoms with Gasteiger partial charge in [0.25, 0.3) is 0 Å². The fraction of sp³-hybridized carbons (Fsp3) is 0.444. The smallest absolute Gasteiger partial charge is 0.416 e. The normalized spacial score (nSPS) is 22.8. The maximum atomic E-state index is 13.0. The van der Waals surface area contributed by atoms with Gasteiger partial charge in [0.2, 0.25) is 6.29 Å². The van der Waals surface area contributed by atoms with Crippen LogP contribution < -0.4 is 9.64 Å². The van der Waals surface area contributed by atoms with Gasteiger partial charge in [-0.2, -0.15) is 0 Å². The first-order valence-electron chi connectivity index (χ1n) is 12.7. The number of benzene rings is 2. The summed E-state index contributed by atoms with van der Waals surface area (Å²) in [4.78, 5) is 18.6. The Bertz CT molecular complexity index is 1290. The number of nitrogens with zero attached hydrogens (tertiary/aromatic N) is 4. The van der Waals surface area contributed by atoms with Crippen molar-refractivity contribution in [3.63, 3.8) is 0 Å². The minimum atomic E-state index is -4.77. The number of methoxy groups -OCH3 is 2. The molecule has 0 aliphatic carbocycles.